The highest BCUT2D eigenvalue weighted by molar-refractivity contribution is 14.1. The summed E-state index contributed by atoms with van der Waals surface area (Å²) in [5.74, 6) is 0. The molecule has 0 N–H and O–H groups in total. The van der Waals surface area contributed by atoms with Gasteiger partial charge in [0.15, 0.2) is 11.3 Å². The van der Waals surface area contributed by atoms with Gasteiger partial charge in [0, 0.05) is 71.5 Å². The van der Waals surface area contributed by atoms with Crippen LogP contribution < -0.4 is 0 Å². The Morgan fingerprint density at radius 3 is 1.85 bits per heavy atom. The van der Waals surface area contributed by atoms with Crippen molar-refractivity contribution in [1.29, 1.82) is 0 Å². The maximum absolute atomic E-state index is 6.74. The third-order valence-corrected chi connectivity index (χ3v) is 12.5. The Bertz CT molecular complexity index is 2050. The third-order valence-electron chi connectivity index (χ3n) is 7.51. The molecule has 1 aromatic carbocycles. The number of benzene rings is 1. The Labute approximate surface area is 311 Å². The van der Waals surface area contributed by atoms with E-state index in [9.17, 15) is 0 Å². The van der Waals surface area contributed by atoms with Gasteiger partial charge in [-0.1, -0.05) is 80.2 Å². The predicted octanol–water partition coefficient (Wildman–Crippen LogP) is 9.61. The number of rotatable bonds is 11. The lowest BCUT2D eigenvalue weighted by molar-refractivity contribution is 0.0897. The fraction of sp³-hybridized carbons (Fsp3) is 0.406. The van der Waals surface area contributed by atoms with Crippen molar-refractivity contribution in [1.82, 2.24) is 38.9 Å². The maximum Gasteiger partial charge on any atom is 0.163 e. The number of aryl methyl sites for hydroxylation is 1. The van der Waals surface area contributed by atoms with E-state index in [0.29, 0.717) is 34.4 Å². The number of fused-ring (bicyclic) bond motifs is 3. The first-order valence-corrected chi connectivity index (χ1v) is 25.2. The second-order valence-electron chi connectivity index (χ2n) is 14.0. The summed E-state index contributed by atoms with van der Waals surface area (Å²) in [5, 5.41) is 6.72. The van der Waals surface area contributed by atoms with Gasteiger partial charge in [-0.2, -0.15) is 5.10 Å². The van der Waals surface area contributed by atoms with Crippen molar-refractivity contribution < 1.29 is 9.47 Å². The smallest absolute Gasteiger partial charge is 0.163 e. The SMILES string of the molecule is C[Si](C)(C)CCOCn1cc(I)c2ncc(Cl)nc21.Cn1cc2c(Cl)c(-c3cn(COCC[Si](C)(C)C)c4nc(Cl)cnc34)ccc2n1. The number of ether oxygens (including phenoxy) is 2. The molecule has 0 spiro atoms. The Morgan fingerprint density at radius 2 is 1.27 bits per heavy atom. The highest BCUT2D eigenvalue weighted by atomic mass is 127. The monoisotopic (exact) mass is 856 g/mol. The van der Waals surface area contributed by atoms with E-state index in [1.54, 1.807) is 17.1 Å². The van der Waals surface area contributed by atoms with Crippen molar-refractivity contribution in [2.75, 3.05) is 13.2 Å². The molecular formula is C32H40Cl3IN8O2Si2. The molecule has 0 fully saturated rings. The second kappa shape index (κ2) is 15.4. The quantitative estimate of drug-likeness (QED) is 0.0728. The van der Waals surface area contributed by atoms with Crippen LogP contribution in [-0.2, 0) is 30.0 Å². The minimum atomic E-state index is -1.15. The van der Waals surface area contributed by atoms with E-state index in [4.69, 9.17) is 44.3 Å². The standard InChI is InChI=1S/C20H23Cl2N5OSi.C12H17ClIN3OSi/c1-26-10-15-16(25-26)6-5-13(18(15)22)14-11-27(12-28-7-8-29(2,3)4)20-19(14)23-9-17(21)24-20;1-19(2,3)5-4-18-8-17-7-9(14)11-12(17)16-10(13)6-15-11/h5-6,9-11H,7-8,12H2,1-4H3;6-7H,4-5,8H2,1-3H3. The van der Waals surface area contributed by atoms with Gasteiger partial charge in [-0.25, -0.2) is 19.9 Å². The Morgan fingerprint density at radius 1 is 0.729 bits per heavy atom. The van der Waals surface area contributed by atoms with Crippen molar-refractivity contribution in [2.45, 2.75) is 64.8 Å². The normalized spacial score (nSPS) is 12.3. The minimum Gasteiger partial charge on any atom is -0.361 e. The molecule has 0 aliphatic heterocycles. The molecule has 5 aromatic heterocycles. The average molecular weight is 858 g/mol. The van der Waals surface area contributed by atoms with Gasteiger partial charge in [0.05, 0.1) is 26.5 Å². The second-order valence-corrected chi connectivity index (χ2v) is 27.6. The highest BCUT2D eigenvalue weighted by Gasteiger charge is 2.19. The molecule has 0 radical (unpaired) electrons. The van der Waals surface area contributed by atoms with Crippen LogP contribution in [0.3, 0.4) is 0 Å². The summed E-state index contributed by atoms with van der Waals surface area (Å²) in [6, 6.07) is 6.21. The maximum atomic E-state index is 6.74. The van der Waals surface area contributed by atoms with Gasteiger partial charge in [-0.05, 0) is 40.7 Å². The predicted molar refractivity (Wildman–Crippen MR) is 211 cm³/mol. The lowest BCUT2D eigenvalue weighted by atomic mass is 10.1. The summed E-state index contributed by atoms with van der Waals surface area (Å²) in [4.78, 5) is 17.6. The summed E-state index contributed by atoms with van der Waals surface area (Å²) in [6.45, 7) is 16.4. The number of aromatic nitrogens is 8. The molecule has 0 amide bonds. The summed E-state index contributed by atoms with van der Waals surface area (Å²) in [5.41, 5.74) is 5.72. The van der Waals surface area contributed by atoms with Crippen LogP contribution in [-0.4, -0.2) is 68.2 Å². The van der Waals surface area contributed by atoms with Crippen molar-refractivity contribution in [3.63, 3.8) is 0 Å². The molecule has 6 rings (SSSR count). The largest absolute Gasteiger partial charge is 0.361 e. The Kier molecular flexibility index (Phi) is 11.9. The summed E-state index contributed by atoms with van der Waals surface area (Å²) in [7, 11) is -0.301. The molecule has 5 heterocycles. The highest BCUT2D eigenvalue weighted by Crippen LogP contribution is 2.37. The van der Waals surface area contributed by atoms with Gasteiger partial charge in [-0.15, -0.1) is 0 Å². The molecule has 0 atom stereocenters. The van der Waals surface area contributed by atoms with Gasteiger partial charge < -0.3 is 18.6 Å². The van der Waals surface area contributed by atoms with E-state index in [1.807, 2.05) is 46.9 Å². The third kappa shape index (κ3) is 9.35. The summed E-state index contributed by atoms with van der Waals surface area (Å²) in [6.07, 6.45) is 9.03. The van der Waals surface area contributed by atoms with Crippen LogP contribution in [0.4, 0.5) is 0 Å². The van der Waals surface area contributed by atoms with Crippen LogP contribution in [0.25, 0.3) is 44.4 Å². The number of hydrogen-bond acceptors (Lipinski definition) is 7. The molecule has 10 nitrogen and oxygen atoms in total. The Hall–Kier alpha value is -2.12. The molecule has 6 aromatic rings. The van der Waals surface area contributed by atoms with Crippen molar-refractivity contribution in [2.24, 2.45) is 7.05 Å². The minimum absolute atomic E-state index is 0.347. The first kappa shape index (κ1) is 37.1. The molecular weight excluding hydrogens is 818 g/mol. The molecule has 0 aliphatic carbocycles. The lowest BCUT2D eigenvalue weighted by Crippen LogP contribution is -2.22. The molecule has 256 valence electrons. The number of halogens is 4. The van der Waals surface area contributed by atoms with Gasteiger partial charge in [0.2, 0.25) is 0 Å². The molecule has 0 aliphatic rings. The van der Waals surface area contributed by atoms with E-state index in [-0.39, 0.29) is 0 Å². The molecule has 48 heavy (non-hydrogen) atoms. The average Bonchev–Trinajstić information content (AvgIpc) is 3.65. The summed E-state index contributed by atoms with van der Waals surface area (Å²) >= 11 is 21.0. The molecule has 0 unspecified atom stereocenters. The van der Waals surface area contributed by atoms with Crippen molar-refractivity contribution >= 4 is 107 Å². The van der Waals surface area contributed by atoms with Crippen LogP contribution in [0.2, 0.25) is 66.7 Å². The van der Waals surface area contributed by atoms with Gasteiger partial charge in [0.25, 0.3) is 0 Å². The zero-order valence-corrected chi connectivity index (χ0v) is 34.6. The molecule has 0 bridgehead atoms. The Balaban J connectivity index is 0.000000206. The van der Waals surface area contributed by atoms with Crippen LogP contribution in [0.15, 0.2) is 43.1 Å². The van der Waals surface area contributed by atoms with Crippen molar-refractivity contribution in [3.8, 4) is 11.1 Å². The zero-order chi connectivity index (χ0) is 34.8. The fourth-order valence-corrected chi connectivity index (χ4v) is 7.67. The fourth-order valence-electron chi connectivity index (χ4n) is 4.88. The first-order chi connectivity index (χ1) is 22.6. The van der Waals surface area contributed by atoms with Crippen LogP contribution in [0, 0.1) is 3.57 Å². The van der Waals surface area contributed by atoms with E-state index in [1.165, 1.54) is 0 Å². The van der Waals surface area contributed by atoms with E-state index in [0.717, 1.165) is 67.6 Å². The topological polar surface area (TPSA) is 97.7 Å². The lowest BCUT2D eigenvalue weighted by Gasteiger charge is -2.15. The van der Waals surface area contributed by atoms with Gasteiger partial charge in [0.1, 0.15) is 34.8 Å². The van der Waals surface area contributed by atoms with Gasteiger partial charge in [-0.3, -0.25) is 4.68 Å². The van der Waals surface area contributed by atoms with Crippen molar-refractivity contribution in [3.05, 3.63) is 62.0 Å². The molecule has 0 saturated carbocycles. The van der Waals surface area contributed by atoms with Crippen LogP contribution in [0.5, 0.6) is 0 Å². The van der Waals surface area contributed by atoms with E-state index >= 15 is 0 Å². The summed E-state index contributed by atoms with van der Waals surface area (Å²) < 4.78 is 18.4. The van der Waals surface area contributed by atoms with Crippen LogP contribution >= 0.6 is 57.4 Å². The number of nitrogens with zero attached hydrogens (tertiary/aromatic N) is 8. The molecule has 0 saturated heterocycles. The van der Waals surface area contributed by atoms with E-state index in [2.05, 4.69) is 86.9 Å². The molecule has 16 heteroatoms. The first-order valence-electron chi connectivity index (χ1n) is 15.6. The van der Waals surface area contributed by atoms with Crippen LogP contribution in [0.1, 0.15) is 0 Å². The van der Waals surface area contributed by atoms with E-state index < -0.39 is 16.1 Å². The zero-order valence-electron chi connectivity index (χ0n) is 28.2. The van der Waals surface area contributed by atoms with Gasteiger partial charge >= 0.3 is 0 Å². The number of hydrogen-bond donors (Lipinski definition) is 0.